The van der Waals surface area contributed by atoms with Crippen molar-refractivity contribution in [3.05, 3.63) is 79.4 Å². The van der Waals surface area contributed by atoms with E-state index >= 15 is 0 Å². The molecule has 1 saturated heterocycles. The molecule has 2 aromatic carbocycles. The molecule has 0 radical (unpaired) electrons. The quantitative estimate of drug-likeness (QED) is 0.423. The van der Waals surface area contributed by atoms with E-state index in [2.05, 4.69) is 50.2 Å². The highest BCUT2D eigenvalue weighted by molar-refractivity contribution is 9.10. The minimum atomic E-state index is -0.186. The first-order valence-electron chi connectivity index (χ1n) is 11.3. The molecular formula is C25H21BrN4O3. The van der Waals surface area contributed by atoms with Crippen molar-refractivity contribution in [2.45, 2.75) is 37.8 Å². The Bertz CT molecular complexity index is 1530. The maximum absolute atomic E-state index is 13.4. The standard InChI is InChI=1S/C25H21BrN4O3/c26-16-2-1-14-8-20-17-10-21-19(9-18(17)25(32)29(20)12-15(14)7-16)28-24(31)22-11-27-23(30(21)22)13-3-5-33-6-4-13/h1-2,7,9-11,13,20H,3-6,8,12H2,(H,28,31). The zero-order chi connectivity index (χ0) is 22.3. The maximum atomic E-state index is 13.4. The number of aromatic nitrogens is 3. The molecule has 2 aromatic heterocycles. The van der Waals surface area contributed by atoms with Crippen LogP contribution in [0.2, 0.25) is 0 Å². The fourth-order valence-corrected chi connectivity index (χ4v) is 6.17. The predicted molar refractivity (Wildman–Crippen MR) is 127 cm³/mol. The van der Waals surface area contributed by atoms with Gasteiger partial charge >= 0.3 is 0 Å². The lowest BCUT2D eigenvalue weighted by molar-refractivity contribution is 0.0693. The molecule has 1 atom stereocenters. The van der Waals surface area contributed by atoms with Crippen molar-refractivity contribution in [1.29, 1.82) is 0 Å². The number of imidazole rings is 1. The second kappa shape index (κ2) is 7.01. The van der Waals surface area contributed by atoms with Crippen LogP contribution in [0.4, 0.5) is 0 Å². The Balaban J connectivity index is 1.43. The van der Waals surface area contributed by atoms with Crippen LogP contribution in [0.15, 0.2) is 45.8 Å². The van der Waals surface area contributed by atoms with Gasteiger partial charge in [-0.1, -0.05) is 22.0 Å². The number of ether oxygens (including phenoxy) is 1. The Morgan fingerprint density at radius 2 is 1.91 bits per heavy atom. The third-order valence-electron chi connectivity index (χ3n) is 7.41. The topological polar surface area (TPSA) is 79.7 Å². The van der Waals surface area contributed by atoms with Gasteiger partial charge in [0.15, 0.2) is 0 Å². The van der Waals surface area contributed by atoms with Crippen molar-refractivity contribution in [3.63, 3.8) is 0 Å². The third-order valence-corrected chi connectivity index (χ3v) is 7.91. The van der Waals surface area contributed by atoms with Crippen molar-refractivity contribution in [2.24, 2.45) is 0 Å². The largest absolute Gasteiger partial charge is 0.381 e. The van der Waals surface area contributed by atoms with E-state index in [0.717, 1.165) is 40.6 Å². The summed E-state index contributed by atoms with van der Waals surface area (Å²) < 4.78 is 8.57. The molecule has 3 aliphatic heterocycles. The number of hydrogen-bond donors (Lipinski definition) is 1. The number of aromatic amines is 1. The second-order valence-corrected chi connectivity index (χ2v) is 10.1. The first kappa shape index (κ1) is 19.5. The monoisotopic (exact) mass is 504 g/mol. The number of fused-ring (bicyclic) bond motifs is 7. The summed E-state index contributed by atoms with van der Waals surface area (Å²) in [4.78, 5) is 35.8. The number of halogens is 1. The smallest absolute Gasteiger partial charge is 0.274 e. The summed E-state index contributed by atoms with van der Waals surface area (Å²) in [6.45, 7) is 2.00. The molecule has 4 aromatic rings. The second-order valence-electron chi connectivity index (χ2n) is 9.20. The summed E-state index contributed by atoms with van der Waals surface area (Å²) in [5, 5.41) is 0. The van der Waals surface area contributed by atoms with Crippen LogP contribution in [-0.4, -0.2) is 38.4 Å². The molecule has 7 rings (SSSR count). The van der Waals surface area contributed by atoms with E-state index in [-0.39, 0.29) is 23.4 Å². The Hall–Kier alpha value is -2.97. The number of nitrogens with zero attached hydrogens (tertiary/aromatic N) is 3. The van der Waals surface area contributed by atoms with Gasteiger partial charge in [0.05, 0.1) is 23.3 Å². The number of carbonyl (C=O) groups excluding carboxylic acids is 1. The van der Waals surface area contributed by atoms with Gasteiger partial charge in [-0.25, -0.2) is 4.98 Å². The van der Waals surface area contributed by atoms with Gasteiger partial charge in [-0.05, 0) is 60.2 Å². The molecule has 1 amide bonds. The molecule has 1 fully saturated rings. The molecule has 1 unspecified atom stereocenters. The van der Waals surface area contributed by atoms with Crippen molar-refractivity contribution in [1.82, 2.24) is 19.3 Å². The van der Waals surface area contributed by atoms with Crippen molar-refractivity contribution in [3.8, 4) is 0 Å². The van der Waals surface area contributed by atoms with E-state index in [4.69, 9.17) is 4.74 Å². The van der Waals surface area contributed by atoms with Crippen molar-refractivity contribution >= 4 is 38.4 Å². The van der Waals surface area contributed by atoms with Crippen LogP contribution >= 0.6 is 15.9 Å². The van der Waals surface area contributed by atoms with E-state index in [9.17, 15) is 9.59 Å². The van der Waals surface area contributed by atoms with Gasteiger partial charge in [0.2, 0.25) is 0 Å². The van der Waals surface area contributed by atoms with E-state index in [1.54, 1.807) is 6.20 Å². The summed E-state index contributed by atoms with van der Waals surface area (Å²) >= 11 is 3.55. The Morgan fingerprint density at radius 1 is 1.06 bits per heavy atom. The number of hydrogen-bond acceptors (Lipinski definition) is 4. The molecule has 0 saturated carbocycles. The van der Waals surface area contributed by atoms with Crippen LogP contribution < -0.4 is 5.56 Å². The van der Waals surface area contributed by atoms with E-state index in [1.165, 1.54) is 11.1 Å². The van der Waals surface area contributed by atoms with Gasteiger partial charge in [0.25, 0.3) is 11.5 Å². The van der Waals surface area contributed by atoms with Crippen molar-refractivity contribution in [2.75, 3.05) is 13.2 Å². The summed E-state index contributed by atoms with van der Waals surface area (Å²) in [5.41, 5.74) is 6.10. The number of benzene rings is 2. The average molecular weight is 505 g/mol. The van der Waals surface area contributed by atoms with Gasteiger partial charge in [0, 0.05) is 35.7 Å². The number of rotatable bonds is 1. The SMILES string of the molecule is O=C1c2cc3[nH]c(=O)c4cnc(C5CCOCC5)n4c3cc2C2Cc3ccc(Br)cc3CN12. The highest BCUT2D eigenvalue weighted by atomic mass is 79.9. The van der Waals surface area contributed by atoms with Gasteiger partial charge < -0.3 is 14.6 Å². The van der Waals surface area contributed by atoms with Crippen LogP contribution in [0, 0.1) is 0 Å². The third kappa shape index (κ3) is 2.80. The molecule has 0 bridgehead atoms. The van der Waals surface area contributed by atoms with Gasteiger partial charge in [-0.2, -0.15) is 0 Å². The fourth-order valence-electron chi connectivity index (χ4n) is 5.76. The molecule has 8 heteroatoms. The summed E-state index contributed by atoms with van der Waals surface area (Å²) in [5.74, 6) is 1.18. The van der Waals surface area contributed by atoms with Crippen molar-refractivity contribution < 1.29 is 9.53 Å². The van der Waals surface area contributed by atoms with Gasteiger partial charge in [0.1, 0.15) is 11.3 Å². The number of nitrogens with one attached hydrogen (secondary N) is 1. The lowest BCUT2D eigenvalue weighted by Crippen LogP contribution is -2.32. The average Bonchev–Trinajstić information content (AvgIpc) is 3.38. The lowest BCUT2D eigenvalue weighted by atomic mass is 9.91. The first-order chi connectivity index (χ1) is 16.1. The van der Waals surface area contributed by atoms with Crippen LogP contribution in [0.1, 0.15) is 57.7 Å². The highest BCUT2D eigenvalue weighted by Gasteiger charge is 2.40. The zero-order valence-electron chi connectivity index (χ0n) is 17.8. The molecule has 0 aliphatic carbocycles. The summed E-state index contributed by atoms with van der Waals surface area (Å²) in [7, 11) is 0. The minimum Gasteiger partial charge on any atom is -0.381 e. The molecular weight excluding hydrogens is 484 g/mol. The van der Waals surface area contributed by atoms with Gasteiger partial charge in [-0.3, -0.25) is 14.0 Å². The molecule has 33 heavy (non-hydrogen) atoms. The summed E-state index contributed by atoms with van der Waals surface area (Å²) in [6.07, 6.45) is 4.23. The summed E-state index contributed by atoms with van der Waals surface area (Å²) in [6, 6.07) is 10.3. The lowest BCUT2D eigenvalue weighted by Gasteiger charge is -2.32. The first-order valence-corrected chi connectivity index (χ1v) is 12.1. The molecule has 166 valence electrons. The number of amides is 1. The van der Waals surface area contributed by atoms with Crippen LogP contribution in [0.5, 0.6) is 0 Å². The van der Waals surface area contributed by atoms with E-state index in [1.807, 2.05) is 15.4 Å². The molecule has 1 N–H and O–H groups in total. The van der Waals surface area contributed by atoms with E-state index < -0.39 is 0 Å². The highest BCUT2D eigenvalue weighted by Crippen LogP contribution is 2.43. The van der Waals surface area contributed by atoms with Gasteiger partial charge in [-0.15, -0.1) is 0 Å². The molecule has 5 heterocycles. The zero-order valence-corrected chi connectivity index (χ0v) is 19.4. The van der Waals surface area contributed by atoms with Crippen LogP contribution in [0.3, 0.4) is 0 Å². The van der Waals surface area contributed by atoms with E-state index in [0.29, 0.717) is 36.4 Å². The molecule has 7 nitrogen and oxygen atoms in total. The Morgan fingerprint density at radius 3 is 2.76 bits per heavy atom. The maximum Gasteiger partial charge on any atom is 0.274 e. The van der Waals surface area contributed by atoms with Crippen LogP contribution in [0.25, 0.3) is 16.6 Å². The molecule has 3 aliphatic rings. The minimum absolute atomic E-state index is 0.00241. The number of H-pyrrole nitrogens is 1. The number of carbonyl (C=O) groups is 1. The normalized spacial score (nSPS) is 20.3. The van der Waals surface area contributed by atoms with Crippen LogP contribution in [-0.2, 0) is 17.7 Å². The fraction of sp³-hybridized carbons (Fsp3) is 0.320. The Labute approximate surface area is 197 Å². The Kier molecular flexibility index (Phi) is 4.14. The molecule has 0 spiro atoms. The predicted octanol–water partition coefficient (Wildman–Crippen LogP) is 4.09.